The van der Waals surface area contributed by atoms with Crippen molar-refractivity contribution in [2.24, 2.45) is 0 Å². The molecule has 1 aromatic carbocycles. The molecule has 90 valence electrons. The molecular weight excluding hydrogens is 226 g/mol. The molecule has 0 radical (unpaired) electrons. The molecule has 0 aliphatic carbocycles. The molecule has 0 aliphatic heterocycles. The second-order valence-corrected chi connectivity index (χ2v) is 5.31. The third kappa shape index (κ3) is 3.92. The Balaban J connectivity index is 2.97. The Kier molecular flexibility index (Phi) is 4.46. The van der Waals surface area contributed by atoms with Crippen LogP contribution in [-0.4, -0.2) is 27.8 Å². The first-order valence-electron chi connectivity index (χ1n) is 5.04. The summed E-state index contributed by atoms with van der Waals surface area (Å²) in [4.78, 5) is 0. The van der Waals surface area contributed by atoms with Crippen molar-refractivity contribution in [2.75, 3.05) is 13.3 Å². The van der Waals surface area contributed by atoms with Crippen LogP contribution >= 0.6 is 0 Å². The van der Waals surface area contributed by atoms with E-state index in [1.54, 1.807) is 7.05 Å². The molecule has 1 aromatic rings. The zero-order valence-electron chi connectivity index (χ0n) is 9.67. The summed E-state index contributed by atoms with van der Waals surface area (Å²) in [6.45, 7) is 1.88. The van der Waals surface area contributed by atoms with Crippen molar-refractivity contribution in [2.45, 2.75) is 19.1 Å². The third-order valence-electron chi connectivity index (χ3n) is 2.32. The zero-order chi connectivity index (χ0) is 12.2. The van der Waals surface area contributed by atoms with Gasteiger partial charge in [-0.05, 0) is 19.5 Å². The molecule has 0 saturated carbocycles. The van der Waals surface area contributed by atoms with E-state index in [-0.39, 0.29) is 6.04 Å². The lowest BCUT2D eigenvalue weighted by Crippen LogP contribution is -2.31. The van der Waals surface area contributed by atoms with Crippen LogP contribution in [0.4, 0.5) is 0 Å². The van der Waals surface area contributed by atoms with Crippen molar-refractivity contribution in [3.8, 4) is 0 Å². The molecule has 0 aliphatic rings. The maximum atomic E-state index is 11.2. The van der Waals surface area contributed by atoms with E-state index in [2.05, 4.69) is 5.32 Å². The fourth-order valence-corrected chi connectivity index (χ4v) is 2.06. The van der Waals surface area contributed by atoms with E-state index in [9.17, 15) is 8.42 Å². The number of likely N-dealkylation sites (N-methyl/N-ethyl adjacent to an activating group) is 1. The molecule has 5 heteroatoms. The van der Waals surface area contributed by atoms with Crippen LogP contribution in [0.25, 0.3) is 0 Å². The van der Waals surface area contributed by atoms with Crippen molar-refractivity contribution in [3.05, 3.63) is 35.9 Å². The predicted molar refractivity (Wildman–Crippen MR) is 63.6 cm³/mol. The van der Waals surface area contributed by atoms with E-state index in [1.165, 1.54) is 0 Å². The summed E-state index contributed by atoms with van der Waals surface area (Å²) >= 11 is 0. The molecule has 1 rings (SSSR count). The number of hydrogen-bond donors (Lipinski definition) is 1. The fourth-order valence-electron chi connectivity index (χ4n) is 1.41. The van der Waals surface area contributed by atoms with Crippen LogP contribution in [0.3, 0.4) is 0 Å². The minimum absolute atomic E-state index is 0.0860. The number of hydrogen-bond acceptors (Lipinski definition) is 4. The van der Waals surface area contributed by atoms with E-state index in [0.717, 1.165) is 11.8 Å². The summed E-state index contributed by atoms with van der Waals surface area (Å²) in [5.41, 5.74) is 0.842. The standard InChI is InChI=1S/C11H17NO3S/c1-9(12-2)11(15-16(3,13)14)10-7-5-4-6-8-10/h4-9,11-12H,1-3H3. The lowest BCUT2D eigenvalue weighted by molar-refractivity contribution is 0.176. The molecule has 16 heavy (non-hydrogen) atoms. The lowest BCUT2D eigenvalue weighted by Gasteiger charge is -2.22. The summed E-state index contributed by atoms with van der Waals surface area (Å²) in [5, 5.41) is 3.00. The van der Waals surface area contributed by atoms with Gasteiger partial charge in [0, 0.05) is 6.04 Å². The van der Waals surface area contributed by atoms with Gasteiger partial charge in [0.15, 0.2) is 0 Å². The Labute approximate surface area is 96.8 Å². The van der Waals surface area contributed by atoms with Gasteiger partial charge < -0.3 is 5.32 Å². The van der Waals surface area contributed by atoms with E-state index in [1.807, 2.05) is 37.3 Å². The van der Waals surface area contributed by atoms with Crippen LogP contribution < -0.4 is 5.32 Å². The Morgan fingerprint density at radius 3 is 2.25 bits per heavy atom. The first-order chi connectivity index (χ1) is 7.44. The van der Waals surface area contributed by atoms with Crippen LogP contribution in [0.1, 0.15) is 18.6 Å². The van der Waals surface area contributed by atoms with Crippen LogP contribution in [-0.2, 0) is 14.3 Å². The van der Waals surface area contributed by atoms with Crippen molar-refractivity contribution in [1.29, 1.82) is 0 Å². The Hall–Kier alpha value is -0.910. The van der Waals surface area contributed by atoms with Crippen LogP contribution in [0.5, 0.6) is 0 Å². The van der Waals surface area contributed by atoms with Gasteiger partial charge in [0.1, 0.15) is 6.10 Å². The quantitative estimate of drug-likeness (QED) is 0.792. The largest absolute Gasteiger partial charge is 0.314 e. The number of rotatable bonds is 5. The topological polar surface area (TPSA) is 55.4 Å². The average Bonchev–Trinajstić information content (AvgIpc) is 2.25. The molecule has 0 saturated heterocycles. The molecule has 0 amide bonds. The lowest BCUT2D eigenvalue weighted by atomic mass is 10.0. The van der Waals surface area contributed by atoms with Crippen molar-refractivity contribution < 1.29 is 12.6 Å². The van der Waals surface area contributed by atoms with Gasteiger partial charge in [-0.3, -0.25) is 4.18 Å². The van der Waals surface area contributed by atoms with E-state index in [0.29, 0.717) is 0 Å². The van der Waals surface area contributed by atoms with Crippen molar-refractivity contribution in [3.63, 3.8) is 0 Å². The Bertz CT molecular complexity index is 416. The van der Waals surface area contributed by atoms with Gasteiger partial charge >= 0.3 is 0 Å². The molecule has 0 heterocycles. The van der Waals surface area contributed by atoms with Gasteiger partial charge in [-0.25, -0.2) is 0 Å². The molecule has 0 bridgehead atoms. The third-order valence-corrected chi connectivity index (χ3v) is 2.87. The predicted octanol–water partition coefficient (Wildman–Crippen LogP) is 1.31. The smallest absolute Gasteiger partial charge is 0.265 e. The normalized spacial score (nSPS) is 15.7. The molecule has 0 fully saturated rings. The van der Waals surface area contributed by atoms with Gasteiger partial charge in [-0.15, -0.1) is 0 Å². The van der Waals surface area contributed by atoms with Gasteiger partial charge in [-0.1, -0.05) is 30.3 Å². The molecule has 2 atom stereocenters. The Morgan fingerprint density at radius 1 is 1.25 bits per heavy atom. The molecular formula is C11H17NO3S. The van der Waals surface area contributed by atoms with Gasteiger partial charge in [0.25, 0.3) is 10.1 Å². The molecule has 2 unspecified atom stereocenters. The highest BCUT2D eigenvalue weighted by atomic mass is 32.2. The Morgan fingerprint density at radius 2 is 1.81 bits per heavy atom. The van der Waals surface area contributed by atoms with E-state index >= 15 is 0 Å². The minimum atomic E-state index is -3.47. The highest BCUT2D eigenvalue weighted by molar-refractivity contribution is 7.86. The monoisotopic (exact) mass is 243 g/mol. The summed E-state index contributed by atoms with van der Waals surface area (Å²) in [6.07, 6.45) is 0.562. The van der Waals surface area contributed by atoms with E-state index in [4.69, 9.17) is 4.18 Å². The maximum absolute atomic E-state index is 11.2. The molecule has 4 nitrogen and oxygen atoms in total. The summed E-state index contributed by atoms with van der Waals surface area (Å²) in [6, 6.07) is 9.21. The first kappa shape index (κ1) is 13.2. The molecule has 1 N–H and O–H groups in total. The van der Waals surface area contributed by atoms with Crippen LogP contribution in [0.2, 0.25) is 0 Å². The van der Waals surface area contributed by atoms with Crippen LogP contribution in [0.15, 0.2) is 30.3 Å². The minimum Gasteiger partial charge on any atom is -0.314 e. The average molecular weight is 243 g/mol. The highest BCUT2D eigenvalue weighted by Gasteiger charge is 2.22. The van der Waals surface area contributed by atoms with Crippen molar-refractivity contribution in [1.82, 2.24) is 5.32 Å². The second-order valence-electron chi connectivity index (χ2n) is 3.71. The second kappa shape index (κ2) is 5.43. The SMILES string of the molecule is CNC(C)C(OS(C)(=O)=O)c1ccccc1. The summed E-state index contributed by atoms with van der Waals surface area (Å²) < 4.78 is 27.5. The zero-order valence-corrected chi connectivity index (χ0v) is 10.5. The first-order valence-corrected chi connectivity index (χ1v) is 6.86. The molecule has 0 spiro atoms. The van der Waals surface area contributed by atoms with Crippen molar-refractivity contribution >= 4 is 10.1 Å². The highest BCUT2D eigenvalue weighted by Crippen LogP contribution is 2.22. The van der Waals surface area contributed by atoms with Gasteiger partial charge in [0.2, 0.25) is 0 Å². The van der Waals surface area contributed by atoms with Gasteiger partial charge in [-0.2, -0.15) is 8.42 Å². The molecule has 0 aromatic heterocycles. The van der Waals surface area contributed by atoms with Crippen LogP contribution in [0, 0.1) is 0 Å². The fraction of sp³-hybridized carbons (Fsp3) is 0.455. The van der Waals surface area contributed by atoms with Gasteiger partial charge in [0.05, 0.1) is 6.26 Å². The number of benzene rings is 1. The van der Waals surface area contributed by atoms with E-state index < -0.39 is 16.2 Å². The summed E-state index contributed by atoms with van der Waals surface area (Å²) in [7, 11) is -1.70. The number of nitrogens with one attached hydrogen (secondary N) is 1. The summed E-state index contributed by atoms with van der Waals surface area (Å²) in [5.74, 6) is 0. The maximum Gasteiger partial charge on any atom is 0.265 e.